The van der Waals surface area contributed by atoms with Crippen LogP contribution in [-0.2, 0) is 22.7 Å². The summed E-state index contributed by atoms with van der Waals surface area (Å²) in [7, 11) is 0. The van der Waals surface area contributed by atoms with Crippen LogP contribution in [-0.4, -0.2) is 51.6 Å². The number of piperidine rings is 1. The molecule has 6 rings (SSSR count). The fourth-order valence-electron chi connectivity index (χ4n) is 5.37. The molecule has 2 fully saturated rings. The fourth-order valence-corrected chi connectivity index (χ4v) is 5.37. The molecule has 1 unspecified atom stereocenters. The number of carbonyl (C=O) groups excluding carboxylic acids is 3. The van der Waals surface area contributed by atoms with Gasteiger partial charge in [0, 0.05) is 55.8 Å². The van der Waals surface area contributed by atoms with Gasteiger partial charge in [-0.05, 0) is 59.5 Å². The predicted molar refractivity (Wildman–Crippen MR) is 130 cm³/mol. The van der Waals surface area contributed by atoms with E-state index in [9.17, 15) is 18.8 Å². The van der Waals surface area contributed by atoms with Gasteiger partial charge in [0.25, 0.3) is 5.91 Å². The normalized spacial score (nSPS) is 20.3. The molecule has 3 aliphatic heterocycles. The molecule has 2 saturated heterocycles. The Morgan fingerprint density at radius 2 is 1.81 bits per heavy atom. The van der Waals surface area contributed by atoms with E-state index in [4.69, 9.17) is 0 Å². The first-order chi connectivity index (χ1) is 17.4. The molecule has 1 atom stereocenters. The van der Waals surface area contributed by atoms with Gasteiger partial charge in [-0.25, -0.2) is 4.39 Å². The Hall–Kier alpha value is -3.91. The molecule has 1 N–H and O–H groups in total. The minimum atomic E-state index is -0.622. The standard InChI is InChI=1S/C28H25FN4O3/c29-22-4-1-18(2-5-22)21-14-32(15-21)13-17-9-10-30-24(11-17)19-3-6-23-20(12-19)16-33(28(23)36)25-7-8-26(34)31-27(25)35/h1-6,9-12,21,25H,7-8,13-16H2,(H,31,34,35). The maximum absolute atomic E-state index is 13.2. The van der Waals surface area contributed by atoms with Crippen molar-refractivity contribution in [3.8, 4) is 11.3 Å². The minimum absolute atomic E-state index is 0.179. The van der Waals surface area contributed by atoms with E-state index in [0.717, 1.165) is 42.0 Å². The summed E-state index contributed by atoms with van der Waals surface area (Å²) in [6.07, 6.45) is 2.38. The monoisotopic (exact) mass is 484 g/mol. The number of aromatic nitrogens is 1. The zero-order chi connectivity index (χ0) is 24.8. The number of halogens is 1. The van der Waals surface area contributed by atoms with Gasteiger partial charge >= 0.3 is 0 Å². The quantitative estimate of drug-likeness (QED) is 0.563. The topological polar surface area (TPSA) is 82.6 Å². The molecule has 8 heteroatoms. The second kappa shape index (κ2) is 8.95. The van der Waals surface area contributed by atoms with Gasteiger partial charge in [0.15, 0.2) is 0 Å². The van der Waals surface area contributed by atoms with Gasteiger partial charge in [-0.3, -0.25) is 29.6 Å². The van der Waals surface area contributed by atoms with E-state index >= 15 is 0 Å². The smallest absolute Gasteiger partial charge is 0.255 e. The summed E-state index contributed by atoms with van der Waals surface area (Å²) < 4.78 is 13.2. The van der Waals surface area contributed by atoms with Gasteiger partial charge < -0.3 is 4.90 Å². The third-order valence-corrected chi connectivity index (χ3v) is 7.35. The van der Waals surface area contributed by atoms with Crippen LogP contribution in [0.2, 0.25) is 0 Å². The highest BCUT2D eigenvalue weighted by atomic mass is 19.1. The molecule has 4 heterocycles. The highest BCUT2D eigenvalue weighted by Crippen LogP contribution is 2.32. The SMILES string of the molecule is O=C1CCC(N2Cc3cc(-c4cc(CN5CC(c6ccc(F)cc6)C5)ccn4)ccc3C2=O)C(=O)N1. The van der Waals surface area contributed by atoms with E-state index in [1.165, 1.54) is 17.7 Å². The molecule has 1 aromatic heterocycles. The maximum atomic E-state index is 13.2. The van der Waals surface area contributed by atoms with Crippen LogP contribution in [0.1, 0.15) is 45.8 Å². The average Bonchev–Trinajstić information content (AvgIpc) is 3.17. The molecule has 0 saturated carbocycles. The molecule has 2 aromatic carbocycles. The van der Waals surface area contributed by atoms with E-state index in [2.05, 4.69) is 21.3 Å². The predicted octanol–water partition coefficient (Wildman–Crippen LogP) is 3.25. The minimum Gasteiger partial charge on any atom is -0.322 e. The fraction of sp³-hybridized carbons (Fsp3) is 0.286. The molecule has 0 bridgehead atoms. The summed E-state index contributed by atoms with van der Waals surface area (Å²) in [6.45, 7) is 3.01. The number of hydrogen-bond acceptors (Lipinski definition) is 5. The Balaban J connectivity index is 1.13. The summed E-state index contributed by atoms with van der Waals surface area (Å²) >= 11 is 0. The molecule has 7 nitrogen and oxygen atoms in total. The summed E-state index contributed by atoms with van der Waals surface area (Å²) in [6, 6.07) is 15.9. The van der Waals surface area contributed by atoms with Crippen LogP contribution in [0, 0.1) is 5.82 Å². The number of likely N-dealkylation sites (tertiary alicyclic amines) is 1. The zero-order valence-corrected chi connectivity index (χ0v) is 19.6. The van der Waals surface area contributed by atoms with Gasteiger partial charge in [0.2, 0.25) is 11.8 Å². The summed E-state index contributed by atoms with van der Waals surface area (Å²) in [5.74, 6) is -0.666. The lowest BCUT2D eigenvalue weighted by molar-refractivity contribution is -0.136. The summed E-state index contributed by atoms with van der Waals surface area (Å²) in [4.78, 5) is 45.2. The molecule has 0 radical (unpaired) electrons. The van der Waals surface area contributed by atoms with E-state index in [1.807, 2.05) is 30.3 Å². The Labute approximate surface area is 207 Å². The third kappa shape index (κ3) is 4.18. The second-order valence-corrected chi connectivity index (χ2v) is 9.76. The first kappa shape index (κ1) is 22.5. The zero-order valence-electron chi connectivity index (χ0n) is 19.6. The number of imide groups is 1. The van der Waals surface area contributed by atoms with Crippen molar-refractivity contribution >= 4 is 17.7 Å². The van der Waals surface area contributed by atoms with Gasteiger partial charge in [-0.2, -0.15) is 0 Å². The molecule has 3 aliphatic rings. The number of benzene rings is 2. The van der Waals surface area contributed by atoms with Crippen molar-refractivity contribution in [2.45, 2.75) is 37.9 Å². The lowest BCUT2D eigenvalue weighted by Crippen LogP contribution is -2.52. The molecule has 3 aromatic rings. The molecule has 3 amide bonds. The second-order valence-electron chi connectivity index (χ2n) is 9.76. The van der Waals surface area contributed by atoms with Crippen LogP contribution in [0.25, 0.3) is 11.3 Å². The number of fused-ring (bicyclic) bond motifs is 1. The number of amides is 3. The summed E-state index contributed by atoms with van der Waals surface area (Å²) in [5.41, 5.74) is 5.52. The van der Waals surface area contributed by atoms with Crippen LogP contribution >= 0.6 is 0 Å². The molecule has 182 valence electrons. The lowest BCUT2D eigenvalue weighted by Gasteiger charge is -2.39. The van der Waals surface area contributed by atoms with E-state index in [0.29, 0.717) is 24.4 Å². The van der Waals surface area contributed by atoms with Crippen LogP contribution in [0.5, 0.6) is 0 Å². The molecule has 0 spiro atoms. The highest BCUT2D eigenvalue weighted by Gasteiger charge is 2.39. The number of nitrogens with one attached hydrogen (secondary N) is 1. The Morgan fingerprint density at radius 3 is 2.58 bits per heavy atom. The first-order valence-corrected chi connectivity index (χ1v) is 12.2. The van der Waals surface area contributed by atoms with Crippen LogP contribution < -0.4 is 5.32 Å². The lowest BCUT2D eigenvalue weighted by atomic mass is 9.91. The third-order valence-electron chi connectivity index (χ3n) is 7.35. The van der Waals surface area contributed by atoms with Crippen molar-refractivity contribution in [3.63, 3.8) is 0 Å². The first-order valence-electron chi connectivity index (χ1n) is 12.2. The van der Waals surface area contributed by atoms with Gasteiger partial charge in [-0.1, -0.05) is 18.2 Å². The van der Waals surface area contributed by atoms with Crippen molar-refractivity contribution in [2.24, 2.45) is 0 Å². The van der Waals surface area contributed by atoms with Crippen molar-refractivity contribution in [2.75, 3.05) is 13.1 Å². The number of pyridine rings is 1. The van der Waals surface area contributed by atoms with Crippen LogP contribution in [0.15, 0.2) is 60.8 Å². The van der Waals surface area contributed by atoms with E-state index in [-0.39, 0.29) is 24.1 Å². The molecular weight excluding hydrogens is 459 g/mol. The largest absolute Gasteiger partial charge is 0.322 e. The molecule has 36 heavy (non-hydrogen) atoms. The van der Waals surface area contributed by atoms with Crippen molar-refractivity contribution < 1.29 is 18.8 Å². The number of rotatable bonds is 5. The van der Waals surface area contributed by atoms with E-state index < -0.39 is 11.9 Å². The van der Waals surface area contributed by atoms with Crippen molar-refractivity contribution in [3.05, 3.63) is 88.9 Å². The number of nitrogens with zero attached hydrogens (tertiary/aromatic N) is 3. The molecule has 0 aliphatic carbocycles. The van der Waals surface area contributed by atoms with Gasteiger partial charge in [0.1, 0.15) is 11.9 Å². The number of hydrogen-bond donors (Lipinski definition) is 1. The van der Waals surface area contributed by atoms with Crippen molar-refractivity contribution in [1.82, 2.24) is 20.1 Å². The Bertz CT molecular complexity index is 1370. The van der Waals surface area contributed by atoms with Gasteiger partial charge in [-0.15, -0.1) is 0 Å². The summed E-state index contributed by atoms with van der Waals surface area (Å²) in [5, 5.41) is 2.34. The maximum Gasteiger partial charge on any atom is 0.255 e. The Kier molecular flexibility index (Phi) is 5.60. The van der Waals surface area contributed by atoms with Gasteiger partial charge in [0.05, 0.1) is 5.69 Å². The Morgan fingerprint density at radius 1 is 1.00 bits per heavy atom. The van der Waals surface area contributed by atoms with E-state index in [1.54, 1.807) is 17.2 Å². The van der Waals surface area contributed by atoms with Crippen LogP contribution in [0.3, 0.4) is 0 Å². The average molecular weight is 485 g/mol. The number of carbonyl (C=O) groups is 3. The highest BCUT2D eigenvalue weighted by molar-refractivity contribution is 6.05. The van der Waals surface area contributed by atoms with Crippen LogP contribution in [0.4, 0.5) is 4.39 Å². The van der Waals surface area contributed by atoms with Crippen molar-refractivity contribution in [1.29, 1.82) is 0 Å². The molecular formula is C28H25FN4O3.